The molecule has 0 aliphatic heterocycles. The Hall–Kier alpha value is -1.94. The van der Waals surface area contributed by atoms with Crippen LogP contribution in [0.1, 0.15) is 338 Å². The van der Waals surface area contributed by atoms with Gasteiger partial charge in [-0.3, -0.25) is 37.3 Å². The molecule has 19 heteroatoms. The average Bonchev–Trinajstić information content (AvgIpc) is 3.62. The van der Waals surface area contributed by atoms with E-state index < -0.39 is 97.5 Å². The van der Waals surface area contributed by atoms with Crippen LogP contribution in [0.4, 0.5) is 0 Å². The van der Waals surface area contributed by atoms with Gasteiger partial charge in [0, 0.05) is 25.7 Å². The summed E-state index contributed by atoms with van der Waals surface area (Å²) >= 11 is 0. The first-order valence-electron chi connectivity index (χ1n) is 35.9. The third kappa shape index (κ3) is 57.9. The lowest BCUT2D eigenvalue weighted by atomic mass is 9.99. The van der Waals surface area contributed by atoms with E-state index in [2.05, 4.69) is 55.4 Å². The fourth-order valence-electron chi connectivity index (χ4n) is 10.2. The zero-order valence-corrected chi connectivity index (χ0v) is 59.1. The second kappa shape index (κ2) is 58.8. The van der Waals surface area contributed by atoms with E-state index in [1.165, 1.54) is 141 Å². The van der Waals surface area contributed by atoms with Crippen molar-refractivity contribution >= 4 is 39.5 Å². The molecule has 0 spiro atoms. The Morgan fingerprint density at radius 2 is 0.511 bits per heavy atom. The van der Waals surface area contributed by atoms with E-state index in [-0.39, 0.29) is 25.7 Å². The van der Waals surface area contributed by atoms with Gasteiger partial charge in [-0.05, 0) is 49.4 Å². The molecule has 0 aromatic heterocycles. The number of ether oxygens (including phenoxy) is 4. The molecule has 3 N–H and O–H groups in total. The summed E-state index contributed by atoms with van der Waals surface area (Å²) in [4.78, 5) is 72.5. The van der Waals surface area contributed by atoms with Crippen molar-refractivity contribution in [2.45, 2.75) is 356 Å². The highest BCUT2D eigenvalue weighted by Crippen LogP contribution is 2.45. The second-order valence-electron chi connectivity index (χ2n) is 25.9. The van der Waals surface area contributed by atoms with Crippen LogP contribution in [0.15, 0.2) is 0 Å². The lowest BCUT2D eigenvalue weighted by Crippen LogP contribution is -2.30. The normalized spacial score (nSPS) is 15.5. The van der Waals surface area contributed by atoms with Crippen molar-refractivity contribution in [2.75, 3.05) is 39.6 Å². The summed E-state index contributed by atoms with van der Waals surface area (Å²) in [7, 11) is -9.90. The number of unbranched alkanes of at least 4 members (excludes halogenated alkanes) is 28. The number of phosphoric acid groups is 2. The number of aliphatic hydroxyl groups excluding tert-OH is 1. The molecule has 88 heavy (non-hydrogen) atoms. The highest BCUT2D eigenvalue weighted by Gasteiger charge is 2.30. The van der Waals surface area contributed by atoms with Gasteiger partial charge < -0.3 is 33.8 Å². The highest BCUT2D eigenvalue weighted by molar-refractivity contribution is 7.47. The summed E-state index contributed by atoms with van der Waals surface area (Å²) in [5.74, 6) is 0.961. The predicted molar refractivity (Wildman–Crippen MR) is 354 cm³/mol. The molecule has 0 fully saturated rings. The average molecular weight is 1300 g/mol. The third-order valence-corrected chi connectivity index (χ3v) is 19.2. The Morgan fingerprint density at radius 1 is 0.307 bits per heavy atom. The molecular weight excluding hydrogens is 1160 g/mol. The van der Waals surface area contributed by atoms with Crippen LogP contribution in [0.3, 0.4) is 0 Å². The van der Waals surface area contributed by atoms with Gasteiger partial charge in [-0.15, -0.1) is 0 Å². The molecule has 0 radical (unpaired) electrons. The monoisotopic (exact) mass is 1300 g/mol. The molecule has 0 aromatic carbocycles. The Balaban J connectivity index is 5.29. The first kappa shape index (κ1) is 86.1. The van der Waals surface area contributed by atoms with Crippen LogP contribution in [0.2, 0.25) is 0 Å². The van der Waals surface area contributed by atoms with E-state index >= 15 is 0 Å². The zero-order valence-electron chi connectivity index (χ0n) is 57.3. The number of esters is 4. The highest BCUT2D eigenvalue weighted by atomic mass is 31.2. The number of hydrogen-bond donors (Lipinski definition) is 3. The van der Waals surface area contributed by atoms with Crippen LogP contribution in [-0.4, -0.2) is 96.7 Å². The maximum Gasteiger partial charge on any atom is 0.472 e. The van der Waals surface area contributed by atoms with E-state index in [0.717, 1.165) is 114 Å². The van der Waals surface area contributed by atoms with E-state index in [0.29, 0.717) is 25.7 Å². The third-order valence-electron chi connectivity index (χ3n) is 17.3. The maximum atomic E-state index is 13.0. The van der Waals surface area contributed by atoms with Crippen LogP contribution in [0.25, 0.3) is 0 Å². The molecule has 0 aromatic rings. The van der Waals surface area contributed by atoms with Gasteiger partial charge in [0.05, 0.1) is 26.4 Å². The summed E-state index contributed by atoms with van der Waals surface area (Å²) in [6, 6.07) is 0. The molecule has 0 aliphatic rings. The smallest absolute Gasteiger partial charge is 0.462 e. The number of phosphoric ester groups is 2. The van der Waals surface area contributed by atoms with Crippen molar-refractivity contribution in [1.82, 2.24) is 0 Å². The predicted octanol–water partition coefficient (Wildman–Crippen LogP) is 19.3. The molecule has 522 valence electrons. The summed E-state index contributed by atoms with van der Waals surface area (Å²) in [5, 5.41) is 10.6. The van der Waals surface area contributed by atoms with Crippen molar-refractivity contribution in [1.29, 1.82) is 0 Å². The minimum Gasteiger partial charge on any atom is -0.462 e. The number of aliphatic hydroxyl groups is 1. The van der Waals surface area contributed by atoms with Gasteiger partial charge in [0.1, 0.15) is 19.3 Å². The van der Waals surface area contributed by atoms with Crippen LogP contribution in [0, 0.1) is 23.7 Å². The molecule has 8 atom stereocenters. The van der Waals surface area contributed by atoms with Gasteiger partial charge >= 0.3 is 39.5 Å². The fraction of sp³-hybridized carbons (Fsp3) is 0.942. The molecule has 6 unspecified atom stereocenters. The van der Waals surface area contributed by atoms with Crippen LogP contribution < -0.4 is 0 Å². The van der Waals surface area contributed by atoms with Gasteiger partial charge in [0.15, 0.2) is 12.2 Å². The van der Waals surface area contributed by atoms with Crippen LogP contribution >= 0.6 is 15.6 Å². The molecule has 0 aliphatic carbocycles. The lowest BCUT2D eigenvalue weighted by molar-refractivity contribution is -0.161. The minimum atomic E-state index is -4.95. The van der Waals surface area contributed by atoms with E-state index in [9.17, 15) is 43.2 Å². The zero-order chi connectivity index (χ0) is 65.4. The molecule has 17 nitrogen and oxygen atoms in total. The minimum absolute atomic E-state index is 0.104. The van der Waals surface area contributed by atoms with E-state index in [4.69, 9.17) is 37.0 Å². The van der Waals surface area contributed by atoms with Crippen LogP contribution in [0.5, 0.6) is 0 Å². The van der Waals surface area contributed by atoms with Crippen molar-refractivity contribution in [3.8, 4) is 0 Å². The Kier molecular flexibility index (Phi) is 57.6. The fourth-order valence-corrected chi connectivity index (χ4v) is 11.8. The molecule has 0 saturated carbocycles. The van der Waals surface area contributed by atoms with Gasteiger partial charge in [0.25, 0.3) is 0 Å². The van der Waals surface area contributed by atoms with E-state index in [1.54, 1.807) is 0 Å². The number of carbonyl (C=O) groups excluding carboxylic acids is 4. The number of hydrogen-bond acceptors (Lipinski definition) is 15. The first-order valence-corrected chi connectivity index (χ1v) is 38.8. The van der Waals surface area contributed by atoms with Gasteiger partial charge in [-0.25, -0.2) is 9.13 Å². The summed E-state index contributed by atoms with van der Waals surface area (Å²) in [6.07, 6.45) is 40.1. The second-order valence-corrected chi connectivity index (χ2v) is 28.8. The molecule has 0 bridgehead atoms. The largest absolute Gasteiger partial charge is 0.472 e. The van der Waals surface area contributed by atoms with Gasteiger partial charge in [-0.2, -0.15) is 0 Å². The molecular formula is C69H134O17P2. The summed E-state index contributed by atoms with van der Waals surface area (Å²) in [5.41, 5.74) is 0. The van der Waals surface area contributed by atoms with Gasteiger partial charge in [-0.1, -0.05) is 287 Å². The molecule has 0 heterocycles. The van der Waals surface area contributed by atoms with Crippen molar-refractivity contribution in [3.63, 3.8) is 0 Å². The number of rotatable bonds is 66. The lowest BCUT2D eigenvalue weighted by Gasteiger charge is -2.21. The van der Waals surface area contributed by atoms with E-state index in [1.807, 2.05) is 0 Å². The maximum absolute atomic E-state index is 13.0. The Labute approximate surface area is 537 Å². The molecule has 0 saturated heterocycles. The summed E-state index contributed by atoms with van der Waals surface area (Å²) < 4.78 is 68.3. The Bertz CT molecular complexity index is 1630. The van der Waals surface area contributed by atoms with Crippen molar-refractivity contribution in [2.24, 2.45) is 23.7 Å². The van der Waals surface area contributed by atoms with Crippen molar-refractivity contribution in [3.05, 3.63) is 0 Å². The quantitative estimate of drug-likeness (QED) is 0.0222. The Morgan fingerprint density at radius 3 is 0.750 bits per heavy atom. The summed E-state index contributed by atoms with van der Waals surface area (Å²) in [6.45, 7) is 14.1. The standard InChI is InChI=1S/C69H134O17P2/c1-9-59(5)45-37-29-21-13-17-25-33-41-49-66(71)79-55-64(85-68(73)51-43-35-27-19-15-23-31-39-47-61(7)11-3)57-83-87(75,76)81-53-63(70)54-82-88(77,78)84-58-65(86-69(74)52-44-36-28-20-16-24-32-40-48-62(8)12-4)56-80-67(72)50-42-34-26-18-14-22-30-38-46-60(6)10-2/h59-65,70H,9-58H2,1-8H3,(H,75,76)(H,77,78)/t59?,60?,61?,62?,63?,64-,65-/m1/s1. The SMILES string of the molecule is CCC(C)CCCCCCCCCCC(=O)OC[C@H](COP(=O)(O)OCC(O)COP(=O)(O)OC[C@@H](COC(=O)CCCCCCCCCCC(C)CC)OC(=O)CCCCCCCCCCC(C)CC)OC(=O)CCCCCCCCCCC(C)CC. The topological polar surface area (TPSA) is 237 Å². The van der Waals surface area contributed by atoms with Gasteiger partial charge in [0.2, 0.25) is 0 Å². The first-order chi connectivity index (χ1) is 42.2. The van der Waals surface area contributed by atoms with Crippen molar-refractivity contribution < 1.29 is 80.2 Å². The number of carbonyl (C=O) groups is 4. The van der Waals surface area contributed by atoms with Crippen LogP contribution in [-0.2, 0) is 65.4 Å². The molecule has 0 amide bonds. The molecule has 0 rings (SSSR count).